The van der Waals surface area contributed by atoms with Gasteiger partial charge in [-0.15, -0.1) is 0 Å². The highest BCUT2D eigenvalue weighted by molar-refractivity contribution is 6.30. The number of carbonyl (C=O) groups excluding carboxylic acids is 2. The van der Waals surface area contributed by atoms with Crippen LogP contribution in [0.1, 0.15) is 18.9 Å². The second-order valence-corrected chi connectivity index (χ2v) is 7.22. The minimum absolute atomic E-state index is 0.0165. The van der Waals surface area contributed by atoms with E-state index in [4.69, 9.17) is 11.6 Å². The Morgan fingerprint density at radius 2 is 2.14 bits per heavy atom. The van der Waals surface area contributed by atoms with Gasteiger partial charge in [0.2, 0.25) is 5.91 Å². The van der Waals surface area contributed by atoms with E-state index >= 15 is 0 Å². The topological polar surface area (TPSA) is 115 Å². The number of aliphatic hydroxyl groups is 2. The van der Waals surface area contributed by atoms with Gasteiger partial charge in [-0.2, -0.15) is 0 Å². The van der Waals surface area contributed by atoms with E-state index in [9.17, 15) is 24.2 Å². The molecule has 2 atom stereocenters. The predicted octanol–water partition coefficient (Wildman–Crippen LogP) is 1.41. The van der Waals surface area contributed by atoms with Crippen molar-refractivity contribution in [2.75, 3.05) is 16.8 Å². The zero-order valence-corrected chi connectivity index (χ0v) is 16.3. The lowest BCUT2D eigenvalue weighted by molar-refractivity contribution is -0.148. The molecule has 0 spiro atoms. The number of rotatable bonds is 5. The van der Waals surface area contributed by atoms with Crippen molar-refractivity contribution in [3.63, 3.8) is 0 Å². The van der Waals surface area contributed by atoms with Crippen LogP contribution in [0.15, 0.2) is 36.5 Å². The van der Waals surface area contributed by atoms with Gasteiger partial charge in [-0.3, -0.25) is 9.59 Å². The van der Waals surface area contributed by atoms with Gasteiger partial charge in [0.25, 0.3) is 5.91 Å². The highest BCUT2D eigenvalue weighted by Gasteiger charge is 2.51. The molecule has 1 fully saturated rings. The quantitative estimate of drug-likeness (QED) is 0.579. The number of halogens is 2. The van der Waals surface area contributed by atoms with Gasteiger partial charge < -0.3 is 25.7 Å². The van der Waals surface area contributed by atoms with Crippen LogP contribution in [0, 0.1) is 5.82 Å². The van der Waals surface area contributed by atoms with E-state index in [1.54, 1.807) is 12.1 Å². The van der Waals surface area contributed by atoms with Crippen molar-refractivity contribution in [2.24, 2.45) is 0 Å². The van der Waals surface area contributed by atoms with Crippen LogP contribution in [0.5, 0.6) is 0 Å². The van der Waals surface area contributed by atoms with Gasteiger partial charge in [0.15, 0.2) is 11.8 Å². The van der Waals surface area contributed by atoms with Crippen molar-refractivity contribution in [1.82, 2.24) is 10.3 Å². The molecule has 1 aliphatic heterocycles. The molecule has 10 heteroatoms. The molecule has 0 aliphatic carbocycles. The van der Waals surface area contributed by atoms with E-state index in [1.165, 1.54) is 30.2 Å². The molecule has 2 aromatic rings. The third kappa shape index (κ3) is 4.64. The molecule has 1 aliphatic rings. The molecular weight excluding hydrogens is 403 g/mol. The third-order valence-electron chi connectivity index (χ3n) is 4.61. The fourth-order valence-electron chi connectivity index (χ4n) is 3.16. The molecule has 0 bridgehead atoms. The summed E-state index contributed by atoms with van der Waals surface area (Å²) in [5.41, 5.74) is -1.14. The minimum Gasteiger partial charge on any atom is -0.376 e. The number of carbonyl (C=O) groups is 2. The Morgan fingerprint density at radius 3 is 2.76 bits per heavy atom. The highest BCUT2D eigenvalue weighted by atomic mass is 35.5. The van der Waals surface area contributed by atoms with Crippen molar-refractivity contribution in [1.29, 1.82) is 0 Å². The fourth-order valence-corrected chi connectivity index (χ4v) is 3.40. The average Bonchev–Trinajstić information content (AvgIpc) is 2.95. The molecule has 0 saturated carbocycles. The van der Waals surface area contributed by atoms with Crippen LogP contribution in [0.2, 0.25) is 5.02 Å². The number of pyridine rings is 1. The lowest BCUT2D eigenvalue weighted by Crippen LogP contribution is -2.55. The summed E-state index contributed by atoms with van der Waals surface area (Å²) in [5, 5.41) is 26.5. The van der Waals surface area contributed by atoms with Crippen LogP contribution in [-0.4, -0.2) is 45.4 Å². The Morgan fingerprint density at radius 1 is 1.38 bits per heavy atom. The number of hydrogen-bond donors (Lipinski definition) is 4. The Kier molecular flexibility index (Phi) is 6.02. The van der Waals surface area contributed by atoms with Gasteiger partial charge in [0.1, 0.15) is 11.6 Å². The maximum absolute atomic E-state index is 13.4. The summed E-state index contributed by atoms with van der Waals surface area (Å²) in [6, 6.07) is 7.02. The van der Waals surface area contributed by atoms with E-state index in [0.29, 0.717) is 17.1 Å². The number of hydrogen-bond acceptors (Lipinski definition) is 6. The minimum atomic E-state index is -2.05. The third-order valence-corrected chi connectivity index (χ3v) is 4.83. The molecule has 2 amide bonds. The van der Waals surface area contributed by atoms with Crippen molar-refractivity contribution in [2.45, 2.75) is 31.7 Å². The van der Waals surface area contributed by atoms with Crippen molar-refractivity contribution in [3.05, 3.63) is 52.9 Å². The molecule has 4 N–H and O–H groups in total. The first-order valence-corrected chi connectivity index (χ1v) is 9.21. The monoisotopic (exact) mass is 422 g/mol. The molecule has 154 valence electrons. The largest absolute Gasteiger partial charge is 0.376 e. The highest BCUT2D eigenvalue weighted by Crippen LogP contribution is 2.32. The van der Waals surface area contributed by atoms with Crippen molar-refractivity contribution in [3.8, 4) is 0 Å². The number of nitrogens with one attached hydrogen (secondary N) is 2. The zero-order valence-electron chi connectivity index (χ0n) is 15.5. The van der Waals surface area contributed by atoms with Crippen LogP contribution < -0.4 is 15.5 Å². The Bertz CT molecular complexity index is 907. The van der Waals surface area contributed by atoms with Crippen LogP contribution in [0.3, 0.4) is 0 Å². The summed E-state index contributed by atoms with van der Waals surface area (Å²) >= 11 is 5.79. The normalized spacial score (nSPS) is 21.1. The number of benzene rings is 1. The summed E-state index contributed by atoms with van der Waals surface area (Å²) < 4.78 is 13.4. The van der Waals surface area contributed by atoms with Gasteiger partial charge in [0, 0.05) is 31.5 Å². The average molecular weight is 423 g/mol. The van der Waals surface area contributed by atoms with Gasteiger partial charge >= 0.3 is 0 Å². The van der Waals surface area contributed by atoms with Gasteiger partial charge in [-0.25, -0.2) is 9.37 Å². The van der Waals surface area contributed by atoms with E-state index in [1.807, 2.05) is 0 Å². The Balaban J connectivity index is 1.67. The first-order chi connectivity index (χ1) is 13.7. The number of aromatic nitrogens is 1. The molecule has 2 heterocycles. The van der Waals surface area contributed by atoms with E-state index < -0.39 is 23.6 Å². The maximum Gasteiger partial charge on any atom is 0.257 e. The molecule has 1 aromatic heterocycles. The SMILES string of the molecule is CC(=O)Nc1ccc(N2CCC(O)(C(=O)NCc3cc(F)cc(Cl)c3)C2O)cn1. The van der Waals surface area contributed by atoms with Crippen LogP contribution >= 0.6 is 11.6 Å². The van der Waals surface area contributed by atoms with Gasteiger partial charge in [-0.1, -0.05) is 11.6 Å². The second-order valence-electron chi connectivity index (χ2n) is 6.78. The summed E-state index contributed by atoms with van der Waals surface area (Å²) in [6.45, 7) is 1.51. The lowest BCUT2D eigenvalue weighted by atomic mass is 10.00. The van der Waals surface area contributed by atoms with Crippen LogP contribution in [0.4, 0.5) is 15.9 Å². The molecule has 0 radical (unpaired) electrons. The second kappa shape index (κ2) is 8.32. The van der Waals surface area contributed by atoms with Crippen molar-refractivity contribution < 1.29 is 24.2 Å². The predicted molar refractivity (Wildman–Crippen MR) is 105 cm³/mol. The summed E-state index contributed by atoms with van der Waals surface area (Å²) in [6.07, 6.45) is -0.100. The number of anilines is 2. The molecular formula is C19H20ClFN4O4. The number of amides is 2. The number of nitrogens with zero attached hydrogens (tertiary/aromatic N) is 2. The smallest absolute Gasteiger partial charge is 0.257 e. The Hall–Kier alpha value is -2.75. The van der Waals surface area contributed by atoms with E-state index in [2.05, 4.69) is 15.6 Å². The molecule has 2 unspecified atom stereocenters. The summed E-state index contributed by atoms with van der Waals surface area (Å²) in [4.78, 5) is 29.1. The standard InChI is InChI=1S/C19H20ClFN4O4/c1-11(26)24-16-3-2-15(10-22-16)25-5-4-19(29,18(25)28)17(27)23-9-12-6-13(20)8-14(21)7-12/h2-3,6-8,10,18,28-29H,4-5,9H2,1H3,(H,23,27)(H,22,24,26). The van der Waals surface area contributed by atoms with Gasteiger partial charge in [-0.05, 0) is 35.9 Å². The number of aliphatic hydroxyl groups excluding tert-OH is 1. The molecule has 29 heavy (non-hydrogen) atoms. The molecule has 1 saturated heterocycles. The van der Waals surface area contributed by atoms with E-state index in [0.717, 1.165) is 6.07 Å². The molecule has 1 aromatic carbocycles. The summed E-state index contributed by atoms with van der Waals surface area (Å²) in [7, 11) is 0. The maximum atomic E-state index is 13.4. The van der Waals surface area contributed by atoms with Crippen molar-refractivity contribution >= 4 is 34.9 Å². The zero-order chi connectivity index (χ0) is 21.2. The van der Waals surface area contributed by atoms with Gasteiger partial charge in [0.05, 0.1) is 11.9 Å². The lowest BCUT2D eigenvalue weighted by Gasteiger charge is -2.29. The fraction of sp³-hybridized carbons (Fsp3) is 0.316. The van der Waals surface area contributed by atoms with Crippen LogP contribution in [-0.2, 0) is 16.1 Å². The summed E-state index contributed by atoms with van der Waals surface area (Å²) in [5.74, 6) is -1.24. The Labute approximate surface area is 171 Å². The molecule has 3 rings (SSSR count). The first kappa shape index (κ1) is 21.0. The molecule has 8 nitrogen and oxygen atoms in total. The van der Waals surface area contributed by atoms with Crippen LogP contribution in [0.25, 0.3) is 0 Å². The van der Waals surface area contributed by atoms with E-state index in [-0.39, 0.29) is 30.4 Å². The first-order valence-electron chi connectivity index (χ1n) is 8.83.